The monoisotopic (exact) mass is 250 g/mol. The molecule has 3 aromatic rings. The highest BCUT2D eigenvalue weighted by Gasteiger charge is 2.18. The number of fused-ring (bicyclic) bond motifs is 5. The predicted molar refractivity (Wildman–Crippen MR) is 76.7 cm³/mol. The van der Waals surface area contributed by atoms with Crippen molar-refractivity contribution < 1.29 is 0 Å². The van der Waals surface area contributed by atoms with Crippen LogP contribution in [0.4, 0.5) is 5.69 Å². The van der Waals surface area contributed by atoms with Gasteiger partial charge in [-0.25, -0.2) is 0 Å². The minimum Gasteiger partial charge on any atom is -0.323 e. The molecule has 0 spiro atoms. The lowest BCUT2D eigenvalue weighted by Gasteiger charge is -2.21. The van der Waals surface area contributed by atoms with E-state index in [1.807, 2.05) is 12.3 Å². The van der Waals surface area contributed by atoms with Gasteiger partial charge in [-0.15, -0.1) is 0 Å². The van der Waals surface area contributed by atoms with Gasteiger partial charge in [-0.1, -0.05) is 36.4 Å². The number of pyridine rings is 1. The summed E-state index contributed by atoms with van der Waals surface area (Å²) in [5.74, 6) is 0. The summed E-state index contributed by atoms with van der Waals surface area (Å²) in [4.78, 5) is 5.76. The molecule has 4 rings (SSSR count). The number of anilines is 1. The van der Waals surface area contributed by atoms with E-state index >= 15 is 0 Å². The van der Waals surface area contributed by atoms with E-state index in [1.54, 1.807) is 11.9 Å². The molecule has 1 aliphatic rings. The van der Waals surface area contributed by atoms with Gasteiger partial charge < -0.3 is 4.72 Å². The number of benzene rings is 2. The normalized spacial score (nSPS) is 12.7. The van der Waals surface area contributed by atoms with Gasteiger partial charge in [0, 0.05) is 22.0 Å². The van der Waals surface area contributed by atoms with Crippen LogP contribution < -0.4 is 4.72 Å². The molecule has 0 saturated carbocycles. The lowest BCUT2D eigenvalue weighted by Crippen LogP contribution is -2.00. The van der Waals surface area contributed by atoms with Gasteiger partial charge in [-0.05, 0) is 29.6 Å². The summed E-state index contributed by atoms with van der Waals surface area (Å²) >= 11 is 1.66. The summed E-state index contributed by atoms with van der Waals surface area (Å²) < 4.78 is 3.42. The van der Waals surface area contributed by atoms with Gasteiger partial charge in [0.2, 0.25) is 0 Å². The van der Waals surface area contributed by atoms with Crippen LogP contribution in [0.1, 0.15) is 0 Å². The highest BCUT2D eigenvalue weighted by Crippen LogP contribution is 2.44. The molecule has 2 nitrogen and oxygen atoms in total. The van der Waals surface area contributed by atoms with Gasteiger partial charge in [0.15, 0.2) is 0 Å². The first-order valence-electron chi connectivity index (χ1n) is 5.83. The maximum absolute atomic E-state index is 4.49. The van der Waals surface area contributed by atoms with Gasteiger partial charge in [0.1, 0.15) is 0 Å². The van der Waals surface area contributed by atoms with E-state index in [0.29, 0.717) is 0 Å². The Kier molecular flexibility index (Phi) is 2.08. The molecule has 1 N–H and O–H groups in total. The fourth-order valence-electron chi connectivity index (χ4n) is 2.36. The summed E-state index contributed by atoms with van der Waals surface area (Å²) in [5.41, 5.74) is 4.67. The minimum atomic E-state index is 1.04. The van der Waals surface area contributed by atoms with Crippen molar-refractivity contribution in [3.8, 4) is 11.1 Å². The van der Waals surface area contributed by atoms with E-state index in [2.05, 4.69) is 52.2 Å². The van der Waals surface area contributed by atoms with Crippen molar-refractivity contribution in [3.05, 3.63) is 54.7 Å². The maximum atomic E-state index is 4.49. The molecule has 0 atom stereocenters. The van der Waals surface area contributed by atoms with Crippen LogP contribution >= 0.6 is 11.9 Å². The standard InChI is InChI=1S/C15H10N2S/c1-2-6-13-11(5-1)12-8-7-10-4-3-9-16-14(10)15(12)17-18-13/h1-9,17H. The zero-order valence-corrected chi connectivity index (χ0v) is 10.4. The van der Waals surface area contributed by atoms with Gasteiger partial charge in [0.05, 0.1) is 11.2 Å². The third-order valence-electron chi connectivity index (χ3n) is 3.21. The molecule has 0 aliphatic carbocycles. The Morgan fingerprint density at radius 3 is 2.83 bits per heavy atom. The molecule has 0 amide bonds. The Hall–Kier alpha value is -2.00. The number of nitrogens with one attached hydrogen (secondary N) is 1. The highest BCUT2D eigenvalue weighted by molar-refractivity contribution is 8.00. The topological polar surface area (TPSA) is 24.9 Å². The second kappa shape index (κ2) is 3.75. The van der Waals surface area contributed by atoms with Crippen LogP contribution in [-0.4, -0.2) is 4.98 Å². The molecular weight excluding hydrogens is 240 g/mol. The van der Waals surface area contributed by atoms with Crippen LogP contribution in [-0.2, 0) is 0 Å². The van der Waals surface area contributed by atoms with Gasteiger partial charge in [-0.3, -0.25) is 4.98 Å². The van der Waals surface area contributed by atoms with Crippen molar-refractivity contribution in [1.29, 1.82) is 0 Å². The summed E-state index contributed by atoms with van der Waals surface area (Å²) in [7, 11) is 0. The van der Waals surface area contributed by atoms with Crippen molar-refractivity contribution in [2.75, 3.05) is 4.72 Å². The number of nitrogens with zero attached hydrogens (tertiary/aromatic N) is 1. The molecule has 0 unspecified atom stereocenters. The summed E-state index contributed by atoms with van der Waals surface area (Å²) in [5, 5.41) is 1.17. The van der Waals surface area contributed by atoms with E-state index in [0.717, 1.165) is 11.2 Å². The Bertz CT molecular complexity index is 752. The first kappa shape index (κ1) is 9.97. The van der Waals surface area contributed by atoms with Crippen molar-refractivity contribution in [2.45, 2.75) is 4.90 Å². The van der Waals surface area contributed by atoms with Crippen LogP contribution in [0.25, 0.3) is 22.0 Å². The summed E-state index contributed by atoms with van der Waals surface area (Å²) in [6, 6.07) is 16.8. The number of hydrogen-bond acceptors (Lipinski definition) is 3. The Labute approximate surface area is 109 Å². The molecule has 1 aromatic heterocycles. The van der Waals surface area contributed by atoms with Crippen LogP contribution in [0.2, 0.25) is 0 Å². The fraction of sp³-hybridized carbons (Fsp3) is 0. The summed E-state index contributed by atoms with van der Waals surface area (Å²) in [6.07, 6.45) is 1.84. The molecule has 3 heteroatoms. The van der Waals surface area contributed by atoms with Crippen molar-refractivity contribution in [1.82, 2.24) is 4.98 Å². The minimum absolute atomic E-state index is 1.04. The van der Waals surface area contributed by atoms with Crippen LogP contribution in [0.3, 0.4) is 0 Å². The fourth-order valence-corrected chi connectivity index (χ4v) is 3.21. The molecule has 0 saturated heterocycles. The van der Waals surface area contributed by atoms with Crippen LogP contribution in [0, 0.1) is 0 Å². The van der Waals surface area contributed by atoms with Crippen molar-refractivity contribution in [3.63, 3.8) is 0 Å². The Morgan fingerprint density at radius 1 is 0.889 bits per heavy atom. The molecular formula is C15H10N2S. The number of rotatable bonds is 0. The second-order valence-electron chi connectivity index (χ2n) is 4.26. The molecule has 0 fully saturated rings. The SMILES string of the molecule is c1ccc2c(c1)SNc1c-2ccc2cccnc12. The quantitative estimate of drug-likeness (QED) is 0.601. The zero-order chi connectivity index (χ0) is 11.9. The molecule has 86 valence electrons. The van der Waals surface area contributed by atoms with E-state index in [9.17, 15) is 0 Å². The smallest absolute Gasteiger partial charge is 0.0948 e. The molecule has 0 radical (unpaired) electrons. The summed E-state index contributed by atoms with van der Waals surface area (Å²) in [6.45, 7) is 0. The Morgan fingerprint density at radius 2 is 1.83 bits per heavy atom. The van der Waals surface area contributed by atoms with Crippen LogP contribution in [0.15, 0.2) is 59.6 Å². The number of hydrogen-bond donors (Lipinski definition) is 1. The third kappa shape index (κ3) is 1.34. The lowest BCUT2D eigenvalue weighted by atomic mass is 10.0. The van der Waals surface area contributed by atoms with E-state index in [4.69, 9.17) is 0 Å². The first-order valence-corrected chi connectivity index (χ1v) is 6.65. The van der Waals surface area contributed by atoms with Gasteiger partial charge in [-0.2, -0.15) is 0 Å². The second-order valence-corrected chi connectivity index (χ2v) is 5.11. The average molecular weight is 250 g/mol. The maximum Gasteiger partial charge on any atom is 0.0948 e. The highest BCUT2D eigenvalue weighted by atomic mass is 32.2. The predicted octanol–water partition coefficient (Wildman–Crippen LogP) is 4.33. The third-order valence-corrected chi connectivity index (χ3v) is 4.10. The first-order chi connectivity index (χ1) is 8.93. The average Bonchev–Trinajstić information content (AvgIpc) is 2.46. The lowest BCUT2D eigenvalue weighted by molar-refractivity contribution is 1.39. The molecule has 1 aliphatic heterocycles. The van der Waals surface area contributed by atoms with Crippen molar-refractivity contribution >= 4 is 28.5 Å². The molecule has 2 aromatic carbocycles. The molecule has 18 heavy (non-hydrogen) atoms. The van der Waals surface area contributed by atoms with Crippen LogP contribution in [0.5, 0.6) is 0 Å². The van der Waals surface area contributed by atoms with E-state index in [-0.39, 0.29) is 0 Å². The van der Waals surface area contributed by atoms with Gasteiger partial charge in [0.25, 0.3) is 0 Å². The zero-order valence-electron chi connectivity index (χ0n) is 9.55. The van der Waals surface area contributed by atoms with Gasteiger partial charge >= 0.3 is 0 Å². The molecule has 0 bridgehead atoms. The van der Waals surface area contributed by atoms with E-state index in [1.165, 1.54) is 21.4 Å². The largest absolute Gasteiger partial charge is 0.323 e. The van der Waals surface area contributed by atoms with E-state index < -0.39 is 0 Å². The number of aromatic nitrogens is 1. The molecule has 2 heterocycles. The Balaban J connectivity index is 2.09. The van der Waals surface area contributed by atoms with Crippen molar-refractivity contribution in [2.24, 2.45) is 0 Å².